The third-order valence-corrected chi connectivity index (χ3v) is 4.78. The van der Waals surface area contributed by atoms with Gasteiger partial charge in [0.2, 0.25) is 0 Å². The van der Waals surface area contributed by atoms with E-state index in [9.17, 15) is 4.79 Å². The van der Waals surface area contributed by atoms with Crippen LogP contribution in [0.2, 0.25) is 0 Å². The zero-order chi connectivity index (χ0) is 18.5. The zero-order valence-corrected chi connectivity index (χ0v) is 15.8. The molecular formula is C20H28N4O2. The van der Waals surface area contributed by atoms with Crippen LogP contribution >= 0.6 is 0 Å². The quantitative estimate of drug-likeness (QED) is 0.838. The molecule has 1 aliphatic heterocycles. The molecule has 0 atom stereocenters. The number of rotatable bonds is 5. The monoisotopic (exact) mass is 356 g/mol. The summed E-state index contributed by atoms with van der Waals surface area (Å²) in [6.45, 7) is 8.42. The Morgan fingerprint density at radius 1 is 1.35 bits per heavy atom. The molecule has 3 rings (SSSR count). The topological polar surface area (TPSA) is 70.2 Å². The molecule has 0 bridgehead atoms. The molecule has 0 unspecified atom stereocenters. The largest absolute Gasteiger partial charge is 0.449 e. The second kappa shape index (κ2) is 8.25. The van der Waals surface area contributed by atoms with E-state index in [1.165, 1.54) is 11.4 Å². The minimum absolute atomic E-state index is 0.320. The first kappa shape index (κ1) is 18.3. The number of carbonyl (C=O) groups is 1. The van der Waals surface area contributed by atoms with E-state index in [-0.39, 0.29) is 0 Å². The average molecular weight is 356 g/mol. The molecule has 2 aromatic rings. The highest BCUT2D eigenvalue weighted by Gasteiger charge is 2.25. The summed E-state index contributed by atoms with van der Waals surface area (Å²) in [7, 11) is 0. The number of nitrogens with zero attached hydrogens (tertiary/aromatic N) is 2. The second-order valence-electron chi connectivity index (χ2n) is 7.31. The Morgan fingerprint density at radius 2 is 2.08 bits per heavy atom. The van der Waals surface area contributed by atoms with Crippen LogP contribution in [-0.4, -0.2) is 35.8 Å². The number of carbonyl (C=O) groups excluding carboxylic acids is 1. The van der Waals surface area contributed by atoms with Crippen molar-refractivity contribution in [3.8, 4) is 0 Å². The lowest BCUT2D eigenvalue weighted by molar-refractivity contribution is 0.147. The van der Waals surface area contributed by atoms with Crippen molar-refractivity contribution in [2.45, 2.75) is 39.5 Å². The highest BCUT2D eigenvalue weighted by atomic mass is 16.5. The number of piperidine rings is 1. The average Bonchev–Trinajstić information content (AvgIpc) is 3.07. The number of aryl methyl sites for hydroxylation is 1. The van der Waals surface area contributed by atoms with Gasteiger partial charge in [-0.25, -0.2) is 9.78 Å². The Balaban J connectivity index is 1.63. The van der Waals surface area contributed by atoms with Crippen LogP contribution in [-0.2, 0) is 4.74 Å². The molecule has 1 amide bonds. The summed E-state index contributed by atoms with van der Waals surface area (Å²) in [5.74, 6) is 0.814. The lowest BCUT2D eigenvalue weighted by Gasteiger charge is -2.34. The maximum absolute atomic E-state index is 12.0. The number of aromatic nitrogens is 2. The molecule has 1 aromatic carbocycles. The van der Waals surface area contributed by atoms with Gasteiger partial charge in [-0.15, -0.1) is 0 Å². The molecule has 1 saturated heterocycles. The van der Waals surface area contributed by atoms with E-state index in [0.29, 0.717) is 18.4 Å². The van der Waals surface area contributed by atoms with E-state index in [4.69, 9.17) is 4.74 Å². The zero-order valence-electron chi connectivity index (χ0n) is 15.8. The van der Waals surface area contributed by atoms with Gasteiger partial charge in [-0.05, 0) is 37.8 Å². The lowest BCUT2D eigenvalue weighted by atomic mass is 9.92. The van der Waals surface area contributed by atoms with E-state index < -0.39 is 6.09 Å². The van der Waals surface area contributed by atoms with Crippen LogP contribution in [0.15, 0.2) is 30.6 Å². The molecule has 0 radical (unpaired) electrons. The van der Waals surface area contributed by atoms with Gasteiger partial charge in [-0.1, -0.05) is 26.0 Å². The number of hydrogen-bond acceptors (Lipinski definition) is 4. The van der Waals surface area contributed by atoms with Crippen LogP contribution in [0.5, 0.6) is 0 Å². The summed E-state index contributed by atoms with van der Waals surface area (Å²) in [5.41, 5.74) is 4.20. The van der Waals surface area contributed by atoms with E-state index in [1.54, 1.807) is 6.33 Å². The van der Waals surface area contributed by atoms with Crippen molar-refractivity contribution in [3.63, 3.8) is 0 Å². The van der Waals surface area contributed by atoms with Crippen LogP contribution in [0.3, 0.4) is 0 Å². The summed E-state index contributed by atoms with van der Waals surface area (Å²) < 4.78 is 5.25. The number of nitrogens with one attached hydrogen (secondary N) is 2. The number of anilines is 2. The van der Waals surface area contributed by atoms with Crippen LogP contribution in [0.25, 0.3) is 0 Å². The number of amides is 1. The molecule has 6 heteroatoms. The Morgan fingerprint density at radius 3 is 2.73 bits per heavy atom. The molecule has 6 nitrogen and oxygen atoms in total. The maximum atomic E-state index is 12.0. The molecule has 1 fully saturated rings. The number of aromatic amines is 1. The summed E-state index contributed by atoms with van der Waals surface area (Å²) in [4.78, 5) is 22.0. The van der Waals surface area contributed by atoms with Crippen molar-refractivity contribution in [2.75, 3.05) is 29.9 Å². The summed E-state index contributed by atoms with van der Waals surface area (Å²) in [6, 6.07) is 7.92. The molecular weight excluding hydrogens is 328 g/mol. The fourth-order valence-corrected chi connectivity index (χ4v) is 3.42. The van der Waals surface area contributed by atoms with E-state index >= 15 is 0 Å². The molecule has 140 valence electrons. The summed E-state index contributed by atoms with van der Waals surface area (Å²) >= 11 is 0. The van der Waals surface area contributed by atoms with Gasteiger partial charge in [-0.3, -0.25) is 5.32 Å². The molecule has 0 aliphatic carbocycles. The fraction of sp³-hybridized carbons (Fsp3) is 0.500. The maximum Gasteiger partial charge on any atom is 0.411 e. The van der Waals surface area contributed by atoms with Crippen molar-refractivity contribution in [1.29, 1.82) is 0 Å². The van der Waals surface area contributed by atoms with Crippen molar-refractivity contribution >= 4 is 17.5 Å². The first-order chi connectivity index (χ1) is 12.5. The predicted octanol–water partition coefficient (Wildman–Crippen LogP) is 4.31. The predicted molar refractivity (Wildman–Crippen MR) is 104 cm³/mol. The van der Waals surface area contributed by atoms with E-state index in [2.05, 4.69) is 33.2 Å². The summed E-state index contributed by atoms with van der Waals surface area (Å²) in [6.07, 6.45) is 3.49. The first-order valence-corrected chi connectivity index (χ1v) is 9.32. The van der Waals surface area contributed by atoms with E-state index in [1.807, 2.05) is 32.0 Å². The number of ether oxygens (including phenoxy) is 1. The Kier molecular flexibility index (Phi) is 5.81. The van der Waals surface area contributed by atoms with Gasteiger partial charge in [0.25, 0.3) is 0 Å². The first-order valence-electron chi connectivity index (χ1n) is 9.32. The van der Waals surface area contributed by atoms with Crippen molar-refractivity contribution in [3.05, 3.63) is 42.0 Å². The fourth-order valence-electron chi connectivity index (χ4n) is 3.42. The van der Waals surface area contributed by atoms with Crippen LogP contribution in [0.1, 0.15) is 44.0 Å². The molecule has 2 N–H and O–H groups in total. The molecule has 0 saturated carbocycles. The minimum atomic E-state index is -0.395. The summed E-state index contributed by atoms with van der Waals surface area (Å²) in [5, 5.41) is 2.89. The van der Waals surface area contributed by atoms with Gasteiger partial charge < -0.3 is 14.6 Å². The molecule has 1 aliphatic rings. The third-order valence-electron chi connectivity index (χ3n) is 4.78. The molecule has 1 aromatic heterocycles. The Labute approximate surface area is 155 Å². The third kappa shape index (κ3) is 4.36. The molecule has 26 heavy (non-hydrogen) atoms. The van der Waals surface area contributed by atoms with Crippen molar-refractivity contribution in [1.82, 2.24) is 9.97 Å². The lowest BCUT2D eigenvalue weighted by Crippen LogP contribution is -2.34. The standard InChI is InChI=1S/C20H28N4O2/c1-14(2)12-26-20(25)23-17-6-4-5-7-18(17)24-10-8-16(9-11-24)19-15(3)21-13-22-19/h4-7,13-14,16H,8-12H2,1-3H3,(H,21,22)(H,23,25). The normalized spacial score (nSPS) is 15.3. The van der Waals surface area contributed by atoms with Crippen molar-refractivity contribution < 1.29 is 9.53 Å². The molecule has 2 heterocycles. The number of H-pyrrole nitrogens is 1. The van der Waals surface area contributed by atoms with Gasteiger partial charge in [0, 0.05) is 24.7 Å². The van der Waals surface area contributed by atoms with E-state index in [0.717, 1.165) is 37.3 Å². The van der Waals surface area contributed by atoms with Gasteiger partial charge >= 0.3 is 6.09 Å². The number of para-hydroxylation sites is 2. The highest BCUT2D eigenvalue weighted by molar-refractivity contribution is 5.89. The van der Waals surface area contributed by atoms with Gasteiger partial charge in [0.1, 0.15) is 0 Å². The molecule has 0 spiro atoms. The van der Waals surface area contributed by atoms with Crippen molar-refractivity contribution in [2.24, 2.45) is 5.92 Å². The van der Waals surface area contributed by atoms with Gasteiger partial charge in [-0.2, -0.15) is 0 Å². The number of hydrogen-bond donors (Lipinski definition) is 2. The Hall–Kier alpha value is -2.50. The number of imidazole rings is 1. The highest BCUT2D eigenvalue weighted by Crippen LogP contribution is 2.33. The number of benzene rings is 1. The van der Waals surface area contributed by atoms with Gasteiger partial charge in [0.05, 0.1) is 30.0 Å². The van der Waals surface area contributed by atoms with Crippen LogP contribution in [0.4, 0.5) is 16.2 Å². The Bertz CT molecular complexity index is 733. The van der Waals surface area contributed by atoms with Gasteiger partial charge in [0.15, 0.2) is 0 Å². The second-order valence-corrected chi connectivity index (χ2v) is 7.31. The van der Waals surface area contributed by atoms with Crippen LogP contribution < -0.4 is 10.2 Å². The minimum Gasteiger partial charge on any atom is -0.449 e. The SMILES string of the molecule is Cc1[nH]cnc1C1CCN(c2ccccc2NC(=O)OCC(C)C)CC1. The van der Waals surface area contributed by atoms with Crippen LogP contribution in [0, 0.1) is 12.8 Å². The smallest absolute Gasteiger partial charge is 0.411 e.